The van der Waals surface area contributed by atoms with Crippen molar-refractivity contribution in [3.63, 3.8) is 0 Å². The molecule has 1 aliphatic carbocycles. The number of ether oxygens (including phenoxy) is 1. The van der Waals surface area contributed by atoms with Gasteiger partial charge in [0.05, 0.1) is 13.0 Å². The summed E-state index contributed by atoms with van der Waals surface area (Å²) in [6.07, 6.45) is 1.82. The second-order valence-corrected chi connectivity index (χ2v) is 10.0. The average molecular weight is 543 g/mol. The first-order chi connectivity index (χ1) is 17.4. The fourth-order valence-electron chi connectivity index (χ4n) is 5.17. The summed E-state index contributed by atoms with van der Waals surface area (Å²) in [5, 5.41) is 21.2. The van der Waals surface area contributed by atoms with Gasteiger partial charge in [0.15, 0.2) is 5.78 Å². The molecule has 0 spiro atoms. The molecule has 5 rings (SSSR count). The zero-order valence-corrected chi connectivity index (χ0v) is 21.8. The predicted molar refractivity (Wildman–Crippen MR) is 147 cm³/mol. The van der Waals surface area contributed by atoms with Gasteiger partial charge >= 0.3 is 0 Å². The topological polar surface area (TPSA) is 73.6 Å². The molecule has 0 saturated heterocycles. The molecule has 5 nitrogen and oxygen atoms in total. The Bertz CT molecular complexity index is 1420. The minimum atomic E-state index is -0.624. The second-order valence-electron chi connectivity index (χ2n) is 9.10. The van der Waals surface area contributed by atoms with Crippen LogP contribution in [0.25, 0.3) is 5.76 Å². The van der Waals surface area contributed by atoms with Gasteiger partial charge in [-0.2, -0.15) is 0 Å². The summed E-state index contributed by atoms with van der Waals surface area (Å²) in [7, 11) is 1.60. The number of carbonyl (C=O) groups is 1. The van der Waals surface area contributed by atoms with E-state index < -0.39 is 5.92 Å². The number of ketones is 1. The van der Waals surface area contributed by atoms with Crippen molar-refractivity contribution in [3.05, 3.63) is 111 Å². The molecule has 0 amide bonds. The Balaban J connectivity index is 1.86. The summed E-state index contributed by atoms with van der Waals surface area (Å²) >= 11 is 3.55. The van der Waals surface area contributed by atoms with Gasteiger partial charge in [0.1, 0.15) is 17.3 Å². The number of para-hydroxylation sites is 1. The van der Waals surface area contributed by atoms with Gasteiger partial charge in [-0.15, -0.1) is 0 Å². The van der Waals surface area contributed by atoms with E-state index in [9.17, 15) is 15.3 Å². The zero-order valence-electron chi connectivity index (χ0n) is 20.2. The first-order valence-electron chi connectivity index (χ1n) is 11.9. The molecule has 2 aliphatic rings. The number of hydrogen-bond donors (Lipinski definition) is 2. The number of aryl methyl sites for hydroxylation is 1. The highest BCUT2D eigenvalue weighted by Crippen LogP contribution is 2.49. The summed E-state index contributed by atoms with van der Waals surface area (Å²) in [6, 6.07) is 22.8. The summed E-state index contributed by atoms with van der Waals surface area (Å²) in [5.41, 5.74) is 5.01. The third-order valence-corrected chi connectivity index (χ3v) is 7.34. The molecule has 3 aromatic rings. The van der Waals surface area contributed by atoms with Gasteiger partial charge in [-0.3, -0.25) is 15.1 Å². The van der Waals surface area contributed by atoms with Crippen molar-refractivity contribution < 1.29 is 14.6 Å². The van der Waals surface area contributed by atoms with Crippen molar-refractivity contribution in [2.45, 2.75) is 32.1 Å². The number of nitrogens with one attached hydrogen (secondary N) is 1. The molecule has 36 heavy (non-hydrogen) atoms. The molecule has 0 bridgehead atoms. The molecule has 1 atom stereocenters. The van der Waals surface area contributed by atoms with Gasteiger partial charge in [0.25, 0.3) is 0 Å². The Hall–Kier alpha value is -3.64. The fourth-order valence-corrected chi connectivity index (χ4v) is 5.56. The Kier molecular flexibility index (Phi) is 6.54. The molecule has 1 unspecified atom stereocenters. The van der Waals surface area contributed by atoms with Crippen LogP contribution in [0, 0.1) is 12.3 Å². The summed E-state index contributed by atoms with van der Waals surface area (Å²) in [6.45, 7) is 1.99. The molecule has 2 N–H and O–H groups in total. The van der Waals surface area contributed by atoms with Crippen molar-refractivity contribution in [1.29, 1.82) is 5.41 Å². The third-order valence-electron chi connectivity index (χ3n) is 6.85. The maximum atomic E-state index is 13.6. The molecule has 3 aromatic carbocycles. The highest BCUT2D eigenvalue weighted by molar-refractivity contribution is 9.10. The first kappa shape index (κ1) is 24.1. The van der Waals surface area contributed by atoms with Crippen LogP contribution in [0.3, 0.4) is 0 Å². The Morgan fingerprint density at radius 1 is 1.06 bits per heavy atom. The summed E-state index contributed by atoms with van der Waals surface area (Å²) in [5.74, 6) is 0.164. The molecular weight excluding hydrogens is 516 g/mol. The lowest BCUT2D eigenvalue weighted by Crippen LogP contribution is -2.42. The van der Waals surface area contributed by atoms with Gasteiger partial charge in [-0.1, -0.05) is 70.0 Å². The van der Waals surface area contributed by atoms with Crippen LogP contribution in [0.1, 0.15) is 41.9 Å². The smallest absolute Gasteiger partial charge is 0.161 e. The molecular formula is C30H27BrN2O3. The number of carbonyl (C=O) groups excluding carboxylic acids is 1. The van der Waals surface area contributed by atoms with E-state index in [0.29, 0.717) is 35.3 Å². The van der Waals surface area contributed by atoms with Gasteiger partial charge < -0.3 is 9.84 Å². The Labute approximate surface area is 219 Å². The number of methoxy groups -OCH3 is 1. The van der Waals surface area contributed by atoms with Crippen LogP contribution >= 0.6 is 15.9 Å². The van der Waals surface area contributed by atoms with Gasteiger partial charge in [0.2, 0.25) is 0 Å². The molecule has 1 heterocycles. The molecule has 6 heteroatoms. The minimum absolute atomic E-state index is 0.0131. The number of aliphatic hydroxyl groups excluding tert-OH is 1. The van der Waals surface area contributed by atoms with E-state index in [1.54, 1.807) is 7.11 Å². The van der Waals surface area contributed by atoms with Gasteiger partial charge in [-0.05, 0) is 44.0 Å². The second kappa shape index (κ2) is 9.78. The van der Waals surface area contributed by atoms with E-state index in [-0.39, 0.29) is 17.4 Å². The number of hydrogen-bond acceptors (Lipinski definition) is 4. The van der Waals surface area contributed by atoms with Crippen LogP contribution in [0.5, 0.6) is 5.75 Å². The number of Topliss-reactive ketones (excluding diaryl/α,β-unsaturated/α-hetero) is 1. The minimum Gasteiger partial charge on any atom is -0.507 e. The van der Waals surface area contributed by atoms with Crippen molar-refractivity contribution in [3.8, 4) is 5.75 Å². The SMILES string of the molecule is COc1ccccc1C1C2=C(CCCC2=O)N(c2cccc(Br)c2)C(=N)/C1=C(/O)c1ccc(C)cc1. The van der Waals surface area contributed by atoms with Crippen LogP contribution in [0.4, 0.5) is 5.69 Å². The zero-order chi connectivity index (χ0) is 25.4. The highest BCUT2D eigenvalue weighted by Gasteiger charge is 2.44. The van der Waals surface area contributed by atoms with E-state index in [2.05, 4.69) is 15.9 Å². The van der Waals surface area contributed by atoms with Crippen LogP contribution in [0.15, 0.2) is 94.1 Å². The monoisotopic (exact) mass is 542 g/mol. The molecule has 1 aliphatic heterocycles. The van der Waals surface area contributed by atoms with Crippen molar-refractivity contribution >= 4 is 39.0 Å². The van der Waals surface area contributed by atoms with E-state index in [1.807, 2.05) is 84.6 Å². The van der Waals surface area contributed by atoms with Crippen molar-refractivity contribution in [1.82, 2.24) is 0 Å². The van der Waals surface area contributed by atoms with Crippen LogP contribution in [-0.4, -0.2) is 23.8 Å². The quantitative estimate of drug-likeness (QED) is 0.338. The van der Waals surface area contributed by atoms with Gasteiger partial charge in [0, 0.05) is 44.6 Å². The average Bonchev–Trinajstić information content (AvgIpc) is 2.88. The lowest BCUT2D eigenvalue weighted by atomic mass is 9.73. The third kappa shape index (κ3) is 4.16. The summed E-state index contributed by atoms with van der Waals surface area (Å²) in [4.78, 5) is 15.4. The number of anilines is 1. The Morgan fingerprint density at radius 3 is 2.53 bits per heavy atom. The predicted octanol–water partition coefficient (Wildman–Crippen LogP) is 7.32. The van der Waals surface area contributed by atoms with E-state index in [4.69, 9.17) is 4.74 Å². The normalized spacial score (nSPS) is 19.3. The largest absolute Gasteiger partial charge is 0.507 e. The molecule has 182 valence electrons. The molecule has 0 aromatic heterocycles. The Morgan fingerprint density at radius 2 is 1.81 bits per heavy atom. The first-order valence-corrected chi connectivity index (χ1v) is 12.7. The maximum Gasteiger partial charge on any atom is 0.161 e. The van der Waals surface area contributed by atoms with E-state index in [0.717, 1.165) is 33.4 Å². The van der Waals surface area contributed by atoms with Gasteiger partial charge in [-0.25, -0.2) is 0 Å². The van der Waals surface area contributed by atoms with Crippen LogP contribution in [-0.2, 0) is 4.79 Å². The van der Waals surface area contributed by atoms with E-state index >= 15 is 0 Å². The number of halogens is 1. The number of benzene rings is 3. The standard InChI is InChI=1S/C30H27BrN2O3/c1-18-13-15-19(16-14-18)29(35)28-26(22-9-3-4-12-25(22)36-2)27-23(10-6-11-24(27)34)33(30(28)32)21-8-5-7-20(31)17-21/h3-5,7-9,12-17,26,32,35H,6,10-11H2,1-2H3/b29-28+,32-30?. The number of amidine groups is 1. The molecule has 0 fully saturated rings. The highest BCUT2D eigenvalue weighted by atomic mass is 79.9. The lowest BCUT2D eigenvalue weighted by molar-refractivity contribution is -0.116. The van der Waals surface area contributed by atoms with Crippen molar-refractivity contribution in [2.75, 3.05) is 12.0 Å². The lowest BCUT2D eigenvalue weighted by Gasteiger charge is -2.42. The van der Waals surface area contributed by atoms with E-state index in [1.165, 1.54) is 0 Å². The fraction of sp³-hybridized carbons (Fsp3) is 0.200. The van der Waals surface area contributed by atoms with Crippen LogP contribution in [0.2, 0.25) is 0 Å². The van der Waals surface area contributed by atoms with Crippen molar-refractivity contribution in [2.24, 2.45) is 0 Å². The molecule has 0 saturated carbocycles. The van der Waals surface area contributed by atoms with Crippen LogP contribution < -0.4 is 9.64 Å². The number of aliphatic hydroxyl groups is 1. The molecule has 0 radical (unpaired) electrons. The number of allylic oxidation sites excluding steroid dienone is 2. The summed E-state index contributed by atoms with van der Waals surface area (Å²) < 4.78 is 6.57. The maximum absolute atomic E-state index is 13.6. The number of rotatable bonds is 4. The number of nitrogens with zero attached hydrogens (tertiary/aromatic N) is 1.